The Morgan fingerprint density at radius 3 is 2.46 bits per heavy atom. The molecule has 1 amide bonds. The predicted molar refractivity (Wildman–Crippen MR) is 133 cm³/mol. The van der Waals surface area contributed by atoms with Gasteiger partial charge in [0.25, 0.3) is 5.69 Å². The van der Waals surface area contributed by atoms with Gasteiger partial charge in [0.15, 0.2) is 5.16 Å². The molecule has 0 unspecified atom stereocenters. The number of nitrogens with zero attached hydrogens (tertiary/aromatic N) is 3. The lowest BCUT2D eigenvalue weighted by Gasteiger charge is -2.14. The number of anilines is 1. The van der Waals surface area contributed by atoms with Crippen LogP contribution in [0.4, 0.5) is 24.5 Å². The number of nitrogens with one attached hydrogen (secondary N) is 1. The molecule has 37 heavy (non-hydrogen) atoms. The van der Waals surface area contributed by atoms with Crippen LogP contribution in [0, 0.1) is 10.1 Å². The van der Waals surface area contributed by atoms with Crippen LogP contribution in [0.5, 0.6) is 5.75 Å². The first-order chi connectivity index (χ1) is 17.6. The third-order valence-electron chi connectivity index (χ3n) is 4.87. The van der Waals surface area contributed by atoms with Crippen molar-refractivity contribution in [1.82, 2.24) is 9.55 Å². The third kappa shape index (κ3) is 6.80. The van der Waals surface area contributed by atoms with Crippen LogP contribution >= 0.6 is 23.4 Å². The molecule has 1 aromatic heterocycles. The second kappa shape index (κ2) is 10.9. The van der Waals surface area contributed by atoms with Crippen molar-refractivity contribution in [1.29, 1.82) is 0 Å². The first-order valence-corrected chi connectivity index (χ1v) is 11.8. The summed E-state index contributed by atoms with van der Waals surface area (Å²) in [6, 6.07) is 17.5. The lowest BCUT2D eigenvalue weighted by Crippen LogP contribution is -2.17. The number of non-ortho nitro benzene ring substituents is 1. The average Bonchev–Trinajstić information content (AvgIpc) is 3.28. The van der Waals surface area contributed by atoms with E-state index in [1.54, 1.807) is 34.9 Å². The number of rotatable bonds is 8. The molecule has 4 rings (SSSR count). The van der Waals surface area contributed by atoms with E-state index in [1.165, 1.54) is 36.5 Å². The van der Waals surface area contributed by atoms with Gasteiger partial charge in [0.1, 0.15) is 5.75 Å². The smallest absolute Gasteiger partial charge is 0.406 e. The van der Waals surface area contributed by atoms with Gasteiger partial charge in [-0.2, -0.15) is 0 Å². The van der Waals surface area contributed by atoms with Crippen molar-refractivity contribution in [3.63, 3.8) is 0 Å². The van der Waals surface area contributed by atoms with E-state index < -0.39 is 17.0 Å². The number of imidazole rings is 1. The lowest BCUT2D eigenvalue weighted by molar-refractivity contribution is -0.384. The normalized spacial score (nSPS) is 11.2. The van der Waals surface area contributed by atoms with Crippen molar-refractivity contribution in [2.75, 3.05) is 11.1 Å². The molecule has 0 saturated heterocycles. The molecule has 0 saturated carbocycles. The minimum absolute atomic E-state index is 0.0384. The second-order valence-electron chi connectivity index (χ2n) is 7.45. The fourth-order valence-corrected chi connectivity index (χ4v) is 4.24. The molecule has 190 valence electrons. The largest absolute Gasteiger partial charge is 0.573 e. The highest BCUT2D eigenvalue weighted by atomic mass is 35.5. The fraction of sp³-hybridized carbons (Fsp3) is 0.0833. The maximum Gasteiger partial charge on any atom is 0.573 e. The molecule has 0 aliphatic rings. The number of hydrogen-bond donors (Lipinski definition) is 1. The van der Waals surface area contributed by atoms with Crippen LogP contribution in [0.1, 0.15) is 0 Å². The SMILES string of the molecule is O=C(CSc1ncc(-c2cccc([N+](=O)[O-])c2)n1-c1ccc(OC(F)(F)F)cc1)Nc1ccc(Cl)cc1. The zero-order valence-electron chi connectivity index (χ0n) is 18.6. The number of ether oxygens (including phenoxy) is 1. The molecule has 0 atom stereocenters. The highest BCUT2D eigenvalue weighted by molar-refractivity contribution is 7.99. The van der Waals surface area contributed by atoms with Crippen LogP contribution in [0.2, 0.25) is 5.02 Å². The Kier molecular flexibility index (Phi) is 7.69. The van der Waals surface area contributed by atoms with Crippen LogP contribution < -0.4 is 10.1 Å². The van der Waals surface area contributed by atoms with E-state index in [9.17, 15) is 28.1 Å². The molecule has 8 nitrogen and oxygen atoms in total. The van der Waals surface area contributed by atoms with Gasteiger partial charge in [0, 0.05) is 34.1 Å². The minimum atomic E-state index is -4.84. The third-order valence-corrected chi connectivity index (χ3v) is 6.08. The monoisotopic (exact) mass is 548 g/mol. The average molecular weight is 549 g/mol. The van der Waals surface area contributed by atoms with Gasteiger partial charge in [-0.1, -0.05) is 35.5 Å². The number of nitro benzene ring substituents is 1. The Labute approximate surface area is 217 Å². The summed E-state index contributed by atoms with van der Waals surface area (Å²) in [6.07, 6.45) is -3.37. The number of alkyl halides is 3. The molecular formula is C24H16ClF3N4O4S. The van der Waals surface area contributed by atoms with Gasteiger partial charge in [-0.3, -0.25) is 19.5 Å². The molecule has 0 fully saturated rings. The van der Waals surface area contributed by atoms with E-state index in [0.717, 1.165) is 23.9 Å². The predicted octanol–water partition coefficient (Wildman–Crippen LogP) is 6.73. The van der Waals surface area contributed by atoms with Crippen molar-refractivity contribution in [2.24, 2.45) is 0 Å². The first-order valence-electron chi connectivity index (χ1n) is 10.5. The maximum atomic E-state index is 12.6. The first kappa shape index (κ1) is 26.0. The summed E-state index contributed by atoms with van der Waals surface area (Å²) in [5.41, 5.74) is 1.71. The van der Waals surface area contributed by atoms with Gasteiger partial charge in [0.2, 0.25) is 5.91 Å². The Balaban J connectivity index is 1.64. The quantitative estimate of drug-likeness (QED) is 0.149. The van der Waals surface area contributed by atoms with Crippen LogP contribution in [-0.2, 0) is 4.79 Å². The van der Waals surface area contributed by atoms with Crippen molar-refractivity contribution in [2.45, 2.75) is 11.5 Å². The Hall–Kier alpha value is -4.03. The van der Waals surface area contributed by atoms with Gasteiger partial charge in [-0.25, -0.2) is 4.98 Å². The molecule has 0 aliphatic carbocycles. The van der Waals surface area contributed by atoms with Crippen molar-refractivity contribution in [3.05, 3.63) is 94.1 Å². The highest BCUT2D eigenvalue weighted by Crippen LogP contribution is 2.33. The lowest BCUT2D eigenvalue weighted by atomic mass is 10.1. The number of carbonyl (C=O) groups excluding carboxylic acids is 1. The number of carbonyl (C=O) groups is 1. The van der Waals surface area contributed by atoms with Crippen molar-refractivity contribution < 1.29 is 27.6 Å². The number of halogens is 4. The summed E-state index contributed by atoms with van der Waals surface area (Å²) in [7, 11) is 0. The molecule has 0 radical (unpaired) electrons. The molecule has 1 N–H and O–H groups in total. The summed E-state index contributed by atoms with van der Waals surface area (Å²) in [4.78, 5) is 27.6. The van der Waals surface area contributed by atoms with Crippen molar-refractivity contribution >= 4 is 40.6 Å². The van der Waals surface area contributed by atoms with Gasteiger partial charge < -0.3 is 10.1 Å². The van der Waals surface area contributed by atoms with Crippen molar-refractivity contribution in [3.8, 4) is 22.7 Å². The van der Waals surface area contributed by atoms with Crippen LogP contribution in [0.3, 0.4) is 0 Å². The summed E-state index contributed by atoms with van der Waals surface area (Å²) < 4.78 is 43.3. The zero-order chi connectivity index (χ0) is 26.6. The van der Waals surface area contributed by atoms with E-state index >= 15 is 0 Å². The molecular weight excluding hydrogens is 533 g/mol. The van der Waals surface area contributed by atoms with Gasteiger partial charge in [-0.05, 0) is 48.5 Å². The van der Waals surface area contributed by atoms with E-state index in [0.29, 0.717) is 32.8 Å². The van der Waals surface area contributed by atoms with Crippen LogP contribution in [-0.4, -0.2) is 32.5 Å². The number of aromatic nitrogens is 2. The molecule has 0 aliphatic heterocycles. The summed E-state index contributed by atoms with van der Waals surface area (Å²) in [6.45, 7) is 0. The Morgan fingerprint density at radius 2 is 1.81 bits per heavy atom. The summed E-state index contributed by atoms with van der Waals surface area (Å²) in [5.74, 6) is -0.777. The van der Waals surface area contributed by atoms with E-state index in [-0.39, 0.29) is 17.3 Å². The molecule has 0 spiro atoms. The van der Waals surface area contributed by atoms with E-state index in [4.69, 9.17) is 11.6 Å². The van der Waals surface area contributed by atoms with Crippen LogP contribution in [0.15, 0.2) is 84.1 Å². The zero-order valence-corrected chi connectivity index (χ0v) is 20.2. The van der Waals surface area contributed by atoms with Gasteiger partial charge in [-0.15, -0.1) is 13.2 Å². The topological polar surface area (TPSA) is 99.3 Å². The van der Waals surface area contributed by atoms with Crippen LogP contribution in [0.25, 0.3) is 16.9 Å². The fourth-order valence-electron chi connectivity index (χ4n) is 3.33. The second-order valence-corrected chi connectivity index (χ2v) is 8.83. The Bertz CT molecular complexity index is 1430. The molecule has 13 heteroatoms. The standard InChI is InChI=1S/C24H16ClF3N4O4S/c25-16-4-6-17(7-5-16)30-22(33)14-37-23-29-13-21(15-2-1-3-19(12-15)32(34)35)31(23)18-8-10-20(11-9-18)36-24(26,27)28/h1-13H,14H2,(H,30,33). The number of amides is 1. The summed E-state index contributed by atoms with van der Waals surface area (Å²) >= 11 is 6.94. The molecule has 4 aromatic rings. The molecule has 3 aromatic carbocycles. The maximum absolute atomic E-state index is 12.6. The number of thioether (sulfide) groups is 1. The number of benzene rings is 3. The minimum Gasteiger partial charge on any atom is -0.406 e. The van der Waals surface area contributed by atoms with Gasteiger partial charge in [0.05, 0.1) is 22.6 Å². The number of hydrogen-bond acceptors (Lipinski definition) is 6. The van der Waals surface area contributed by atoms with E-state index in [1.807, 2.05) is 0 Å². The van der Waals surface area contributed by atoms with E-state index in [2.05, 4.69) is 15.0 Å². The number of nitro groups is 1. The summed E-state index contributed by atoms with van der Waals surface area (Å²) in [5, 5.41) is 14.9. The highest BCUT2D eigenvalue weighted by Gasteiger charge is 2.31. The molecule has 0 bridgehead atoms. The molecule has 1 heterocycles. The Morgan fingerprint density at radius 1 is 1.11 bits per heavy atom. The van der Waals surface area contributed by atoms with Gasteiger partial charge >= 0.3 is 6.36 Å².